The molecule has 33 heavy (non-hydrogen) atoms. The van der Waals surface area contributed by atoms with Crippen LogP contribution in [0.5, 0.6) is 5.75 Å². The lowest BCUT2D eigenvalue weighted by Crippen LogP contribution is -2.39. The van der Waals surface area contributed by atoms with E-state index >= 15 is 0 Å². The summed E-state index contributed by atoms with van der Waals surface area (Å²) in [6, 6.07) is 13.1. The van der Waals surface area contributed by atoms with E-state index in [1.807, 2.05) is 0 Å². The summed E-state index contributed by atoms with van der Waals surface area (Å²) in [5, 5.41) is 0.545. The number of methoxy groups -OCH3 is 1. The van der Waals surface area contributed by atoms with Gasteiger partial charge >= 0.3 is 11.9 Å². The van der Waals surface area contributed by atoms with Crippen LogP contribution in [-0.4, -0.2) is 23.6 Å². The van der Waals surface area contributed by atoms with E-state index in [1.165, 1.54) is 29.9 Å². The lowest BCUT2D eigenvalue weighted by atomic mass is 9.96. The number of fused-ring (bicyclic) bond motifs is 1. The third-order valence-corrected chi connectivity index (χ3v) is 6.29. The van der Waals surface area contributed by atoms with Crippen molar-refractivity contribution >= 4 is 41.0 Å². The first-order valence-corrected chi connectivity index (χ1v) is 11.1. The molecule has 168 valence electrons. The minimum Gasteiger partial charge on any atom is -0.466 e. The third-order valence-electron chi connectivity index (χ3n) is 5.05. The molecule has 0 saturated heterocycles. The summed E-state index contributed by atoms with van der Waals surface area (Å²) in [5.74, 6) is -0.538. The third kappa shape index (κ3) is 4.53. The van der Waals surface area contributed by atoms with Gasteiger partial charge in [0, 0.05) is 11.9 Å². The van der Waals surface area contributed by atoms with Crippen LogP contribution in [0.3, 0.4) is 0 Å². The summed E-state index contributed by atoms with van der Waals surface area (Å²) in [6.45, 7) is 3.05. The molecule has 9 heteroatoms. The number of rotatable bonds is 4. The van der Waals surface area contributed by atoms with Gasteiger partial charge in [0.05, 0.1) is 29.0 Å². The van der Waals surface area contributed by atoms with Gasteiger partial charge in [0.1, 0.15) is 5.75 Å². The zero-order valence-electron chi connectivity index (χ0n) is 18.0. The van der Waals surface area contributed by atoms with Crippen molar-refractivity contribution in [2.24, 2.45) is 4.99 Å². The second kappa shape index (κ2) is 9.17. The molecule has 1 aliphatic rings. The van der Waals surface area contributed by atoms with E-state index in [4.69, 9.17) is 21.1 Å². The number of halogens is 1. The molecule has 7 nitrogen and oxygen atoms in total. The Morgan fingerprint density at radius 3 is 2.39 bits per heavy atom. The molecule has 0 saturated carbocycles. The summed E-state index contributed by atoms with van der Waals surface area (Å²) in [7, 11) is 1.30. The topological polar surface area (TPSA) is 87.0 Å². The minimum atomic E-state index is -0.695. The number of ether oxygens (including phenoxy) is 2. The predicted molar refractivity (Wildman–Crippen MR) is 125 cm³/mol. The van der Waals surface area contributed by atoms with Gasteiger partial charge in [0.15, 0.2) is 4.80 Å². The van der Waals surface area contributed by atoms with Gasteiger partial charge in [-0.3, -0.25) is 14.2 Å². The Labute approximate surface area is 197 Å². The maximum absolute atomic E-state index is 13.5. The molecule has 2 aromatic carbocycles. The van der Waals surface area contributed by atoms with Crippen LogP contribution in [0.25, 0.3) is 6.08 Å². The molecule has 0 amide bonds. The van der Waals surface area contributed by atoms with Crippen molar-refractivity contribution in [3.05, 3.63) is 95.6 Å². The Morgan fingerprint density at radius 1 is 1.12 bits per heavy atom. The molecule has 3 aromatic rings. The second-order valence-electron chi connectivity index (χ2n) is 7.29. The Bertz CT molecular complexity index is 1450. The van der Waals surface area contributed by atoms with E-state index < -0.39 is 18.0 Å². The van der Waals surface area contributed by atoms with Crippen LogP contribution >= 0.6 is 22.9 Å². The summed E-state index contributed by atoms with van der Waals surface area (Å²) < 4.78 is 12.0. The molecule has 1 aliphatic heterocycles. The predicted octanol–water partition coefficient (Wildman–Crippen LogP) is 2.99. The van der Waals surface area contributed by atoms with Crippen LogP contribution in [-0.2, 0) is 14.3 Å². The Balaban J connectivity index is 1.87. The number of nitrogens with zero attached hydrogens (tertiary/aromatic N) is 2. The van der Waals surface area contributed by atoms with Crippen LogP contribution in [0.4, 0.5) is 0 Å². The van der Waals surface area contributed by atoms with Gasteiger partial charge in [0.2, 0.25) is 0 Å². The maximum Gasteiger partial charge on any atom is 0.338 e. The monoisotopic (exact) mass is 482 g/mol. The Morgan fingerprint density at radius 2 is 1.79 bits per heavy atom. The molecule has 4 rings (SSSR count). The molecule has 0 spiro atoms. The van der Waals surface area contributed by atoms with Crippen LogP contribution in [0, 0.1) is 0 Å². The minimum absolute atomic E-state index is 0.281. The summed E-state index contributed by atoms with van der Waals surface area (Å²) in [6.07, 6.45) is 1.73. The number of benzene rings is 2. The first-order valence-electron chi connectivity index (χ1n) is 9.93. The van der Waals surface area contributed by atoms with Gasteiger partial charge in [-0.1, -0.05) is 47.2 Å². The molecule has 2 heterocycles. The van der Waals surface area contributed by atoms with Gasteiger partial charge < -0.3 is 9.47 Å². The molecule has 0 unspecified atom stereocenters. The number of esters is 2. The molecule has 0 N–H and O–H groups in total. The summed E-state index contributed by atoms with van der Waals surface area (Å²) in [5.41, 5.74) is 1.97. The number of aromatic nitrogens is 1. The van der Waals surface area contributed by atoms with E-state index in [0.29, 0.717) is 36.9 Å². The Kier molecular flexibility index (Phi) is 6.31. The van der Waals surface area contributed by atoms with Crippen molar-refractivity contribution in [2.75, 3.05) is 7.11 Å². The number of hydrogen-bond acceptors (Lipinski definition) is 7. The van der Waals surface area contributed by atoms with E-state index in [9.17, 15) is 14.4 Å². The van der Waals surface area contributed by atoms with Gasteiger partial charge in [0.25, 0.3) is 5.56 Å². The normalized spacial score (nSPS) is 15.6. The number of thiazole rings is 1. The molecule has 0 radical (unpaired) electrons. The van der Waals surface area contributed by atoms with Crippen molar-refractivity contribution in [1.29, 1.82) is 0 Å². The van der Waals surface area contributed by atoms with Crippen molar-refractivity contribution in [2.45, 2.75) is 19.9 Å². The van der Waals surface area contributed by atoms with Gasteiger partial charge in [-0.2, -0.15) is 0 Å². The van der Waals surface area contributed by atoms with Crippen LogP contribution < -0.4 is 19.6 Å². The van der Waals surface area contributed by atoms with Gasteiger partial charge in [-0.05, 0) is 48.4 Å². The fourth-order valence-corrected chi connectivity index (χ4v) is 4.78. The molecule has 0 aliphatic carbocycles. The summed E-state index contributed by atoms with van der Waals surface area (Å²) in [4.78, 5) is 42.2. The number of carbonyl (C=O) groups is 2. The van der Waals surface area contributed by atoms with Crippen LogP contribution in [0.2, 0.25) is 5.02 Å². The van der Waals surface area contributed by atoms with Crippen LogP contribution in [0.15, 0.2) is 69.6 Å². The van der Waals surface area contributed by atoms with Gasteiger partial charge in [-0.15, -0.1) is 0 Å². The lowest BCUT2D eigenvalue weighted by Gasteiger charge is -2.24. The van der Waals surface area contributed by atoms with Gasteiger partial charge in [-0.25, -0.2) is 9.79 Å². The molecular weight excluding hydrogens is 464 g/mol. The smallest absolute Gasteiger partial charge is 0.338 e. The standard InChI is InChI=1S/C24H19ClN2O5S/c1-13-20(23(30)31-3)21(16-6-8-17(25)9-7-16)27-22(29)19(33-24(27)26-13)12-15-4-10-18(11-5-15)32-14(2)28/h4-12,21H,1-3H3/b19-12+/t21-/m1/s1. The average Bonchev–Trinajstić information content (AvgIpc) is 3.08. The second-order valence-corrected chi connectivity index (χ2v) is 8.73. The van der Waals surface area contributed by atoms with Crippen molar-refractivity contribution < 1.29 is 19.1 Å². The van der Waals surface area contributed by atoms with Crippen molar-refractivity contribution in [3.63, 3.8) is 0 Å². The van der Waals surface area contributed by atoms with E-state index in [-0.39, 0.29) is 5.56 Å². The fourth-order valence-electron chi connectivity index (χ4n) is 3.60. The van der Waals surface area contributed by atoms with E-state index in [0.717, 1.165) is 5.56 Å². The number of hydrogen-bond donors (Lipinski definition) is 0. The maximum atomic E-state index is 13.5. The first kappa shape index (κ1) is 22.7. The highest BCUT2D eigenvalue weighted by Crippen LogP contribution is 2.31. The largest absolute Gasteiger partial charge is 0.466 e. The molecule has 0 bridgehead atoms. The molecule has 1 atom stereocenters. The highest BCUT2D eigenvalue weighted by molar-refractivity contribution is 7.07. The highest BCUT2D eigenvalue weighted by Gasteiger charge is 2.33. The van der Waals surface area contributed by atoms with Crippen LogP contribution in [0.1, 0.15) is 31.0 Å². The molecule has 1 aromatic heterocycles. The van der Waals surface area contributed by atoms with E-state index in [1.54, 1.807) is 61.5 Å². The fraction of sp³-hybridized carbons (Fsp3) is 0.167. The molecule has 0 fully saturated rings. The highest BCUT2D eigenvalue weighted by atomic mass is 35.5. The van der Waals surface area contributed by atoms with Crippen molar-refractivity contribution in [3.8, 4) is 5.75 Å². The number of allylic oxidation sites excluding steroid dienone is 1. The Hall–Kier alpha value is -3.49. The van der Waals surface area contributed by atoms with E-state index in [2.05, 4.69) is 4.99 Å². The quantitative estimate of drug-likeness (QED) is 0.421. The zero-order valence-corrected chi connectivity index (χ0v) is 19.6. The van der Waals surface area contributed by atoms with Crippen molar-refractivity contribution in [1.82, 2.24) is 4.57 Å². The first-order chi connectivity index (χ1) is 15.8. The molecular formula is C24H19ClN2O5S. The lowest BCUT2D eigenvalue weighted by molar-refractivity contribution is -0.136. The number of carbonyl (C=O) groups excluding carboxylic acids is 2. The summed E-state index contributed by atoms with van der Waals surface area (Å²) >= 11 is 7.28. The SMILES string of the molecule is COC(=O)C1=C(C)N=c2s/c(=C/c3ccc(OC(C)=O)cc3)c(=O)n2[C@@H]1c1ccc(Cl)cc1. The average molecular weight is 483 g/mol. The zero-order chi connectivity index (χ0) is 23.7.